The molecule has 2 N–H and O–H groups in total. The average Bonchev–Trinajstić information content (AvgIpc) is 3.73. The van der Waals surface area contributed by atoms with Crippen molar-refractivity contribution in [3.8, 4) is 11.4 Å². The normalized spacial score (nSPS) is 19.2. The first-order valence-electron chi connectivity index (χ1n) is 17.9. The van der Waals surface area contributed by atoms with Gasteiger partial charge in [0.1, 0.15) is 29.2 Å². The second-order valence-corrected chi connectivity index (χ2v) is 16.6. The number of ether oxygens (including phenoxy) is 1. The van der Waals surface area contributed by atoms with Crippen molar-refractivity contribution in [1.29, 1.82) is 0 Å². The van der Waals surface area contributed by atoms with Crippen molar-refractivity contribution >= 4 is 33.6 Å². The van der Waals surface area contributed by atoms with Crippen molar-refractivity contribution in [1.82, 2.24) is 29.7 Å². The quantitative estimate of drug-likeness (QED) is 0.153. The molecule has 0 unspecified atom stereocenters. The summed E-state index contributed by atoms with van der Waals surface area (Å²) in [6.07, 6.45) is 7.39. The molecule has 5 aromatic rings. The van der Waals surface area contributed by atoms with Crippen LogP contribution in [0.3, 0.4) is 0 Å². The molecule has 0 radical (unpaired) electrons. The van der Waals surface area contributed by atoms with Gasteiger partial charge in [0.2, 0.25) is 5.95 Å². The molecule has 4 heterocycles. The third kappa shape index (κ3) is 8.00. The van der Waals surface area contributed by atoms with Gasteiger partial charge in [-0.15, -0.1) is 10.2 Å². The fraction of sp³-hybridized carbons (Fsp3) is 0.421. The highest BCUT2D eigenvalue weighted by Crippen LogP contribution is 2.39. The maximum atomic E-state index is 15.3. The third-order valence-corrected chi connectivity index (χ3v) is 10.4. The number of benzene rings is 2. The maximum absolute atomic E-state index is 15.3. The molecule has 3 atom stereocenters. The molecule has 7 rings (SSSR count). The van der Waals surface area contributed by atoms with E-state index in [1.165, 1.54) is 29.3 Å². The minimum atomic E-state index is -3.71. The van der Waals surface area contributed by atoms with E-state index >= 15 is 4.39 Å². The fourth-order valence-corrected chi connectivity index (χ4v) is 7.37. The zero-order chi connectivity index (χ0) is 37.5. The molecule has 13 nitrogen and oxygen atoms in total. The van der Waals surface area contributed by atoms with Gasteiger partial charge in [-0.2, -0.15) is 13.5 Å². The molecule has 2 amide bonds. The van der Waals surface area contributed by atoms with E-state index < -0.39 is 27.4 Å². The van der Waals surface area contributed by atoms with Crippen LogP contribution in [0.5, 0.6) is 5.75 Å². The predicted octanol–water partition coefficient (Wildman–Crippen LogP) is 6.98. The number of hydrogen-bond acceptors (Lipinski definition) is 9. The summed E-state index contributed by atoms with van der Waals surface area (Å²) in [5.74, 6) is 1.17. The van der Waals surface area contributed by atoms with E-state index in [-0.39, 0.29) is 30.3 Å². The SMILES string of the molecule is C[C@H]1CCCCN1c1nnc2ccc(O[C@@H]3CC[C@H](NC(=O)Nc4cc(C(C)(C)C)nn4-c4cc(COS(C)(=O)=O)ccc4F)c4ccccc43)cn12. The largest absolute Gasteiger partial charge is 0.484 e. The number of amides is 2. The minimum Gasteiger partial charge on any atom is -0.484 e. The topological polar surface area (TPSA) is 145 Å². The van der Waals surface area contributed by atoms with E-state index in [0.29, 0.717) is 35.9 Å². The van der Waals surface area contributed by atoms with Crippen LogP contribution in [0.15, 0.2) is 66.9 Å². The van der Waals surface area contributed by atoms with E-state index in [9.17, 15) is 13.2 Å². The number of nitrogens with one attached hydrogen (secondary N) is 2. The van der Waals surface area contributed by atoms with E-state index in [1.807, 2.05) is 67.8 Å². The van der Waals surface area contributed by atoms with Crippen LogP contribution in [0.25, 0.3) is 11.3 Å². The fourth-order valence-electron chi connectivity index (χ4n) is 7.02. The zero-order valence-electron chi connectivity index (χ0n) is 30.5. The van der Waals surface area contributed by atoms with Crippen molar-refractivity contribution in [2.75, 3.05) is 23.0 Å². The van der Waals surface area contributed by atoms with Gasteiger partial charge in [0.15, 0.2) is 5.65 Å². The Morgan fingerprint density at radius 3 is 2.55 bits per heavy atom. The Kier molecular flexibility index (Phi) is 9.89. The standard InChI is InChI=1S/C38H45FN8O5S/c1-24-10-8-9-19-45(24)37-43-42-34-18-14-26(22-46(34)37)52-32-17-16-30(27-11-6-7-12-28(27)32)40-36(48)41-35-21-33(38(2,3)4)44-47(35)31-20-25(13-15-29(31)39)23-51-53(5,49)50/h6-7,11-15,18,20-22,24,30,32H,8-10,16-17,19,23H2,1-5H3,(H2,40,41,48)/t24-,30-,32+/m0/s1. The number of rotatable bonds is 9. The molecular formula is C38H45FN8O5S. The van der Waals surface area contributed by atoms with Gasteiger partial charge < -0.3 is 15.0 Å². The number of fused-ring (bicyclic) bond motifs is 2. The molecule has 2 aromatic carbocycles. The number of piperidine rings is 1. The van der Waals surface area contributed by atoms with Crippen LogP contribution in [-0.4, -0.2) is 57.7 Å². The number of halogens is 1. The Bertz CT molecular complexity index is 2250. The van der Waals surface area contributed by atoms with Gasteiger partial charge in [-0.1, -0.05) is 51.1 Å². The number of anilines is 2. The number of pyridine rings is 1. The summed E-state index contributed by atoms with van der Waals surface area (Å²) in [6, 6.07) is 17.2. The molecular weight excluding hydrogens is 700 g/mol. The maximum Gasteiger partial charge on any atom is 0.320 e. The Balaban J connectivity index is 1.10. The molecule has 3 aromatic heterocycles. The summed E-state index contributed by atoms with van der Waals surface area (Å²) in [7, 11) is -3.71. The molecule has 53 heavy (non-hydrogen) atoms. The lowest BCUT2D eigenvalue weighted by atomic mass is 9.85. The van der Waals surface area contributed by atoms with Crippen molar-refractivity contribution in [3.63, 3.8) is 0 Å². The van der Waals surface area contributed by atoms with Gasteiger partial charge in [-0.05, 0) is 80.0 Å². The van der Waals surface area contributed by atoms with E-state index in [1.54, 1.807) is 6.07 Å². The Labute approximate surface area is 308 Å². The van der Waals surface area contributed by atoms with Crippen LogP contribution >= 0.6 is 0 Å². The van der Waals surface area contributed by atoms with Crippen LogP contribution in [0.2, 0.25) is 0 Å². The van der Waals surface area contributed by atoms with Crippen LogP contribution < -0.4 is 20.3 Å². The second kappa shape index (κ2) is 14.4. The van der Waals surface area contributed by atoms with Gasteiger partial charge in [0.05, 0.1) is 30.8 Å². The van der Waals surface area contributed by atoms with Crippen molar-refractivity contribution in [2.24, 2.45) is 0 Å². The van der Waals surface area contributed by atoms with Crippen LogP contribution in [-0.2, 0) is 26.3 Å². The Morgan fingerprint density at radius 1 is 1.00 bits per heavy atom. The summed E-state index contributed by atoms with van der Waals surface area (Å²) in [5.41, 5.74) is 3.34. The highest BCUT2D eigenvalue weighted by Gasteiger charge is 2.31. The lowest BCUT2D eigenvalue weighted by Gasteiger charge is -2.33. The van der Waals surface area contributed by atoms with Crippen molar-refractivity contribution < 1.29 is 26.5 Å². The monoisotopic (exact) mass is 744 g/mol. The number of carbonyl (C=O) groups is 1. The number of aromatic nitrogens is 5. The lowest BCUT2D eigenvalue weighted by molar-refractivity contribution is 0.171. The smallest absolute Gasteiger partial charge is 0.320 e. The lowest BCUT2D eigenvalue weighted by Crippen LogP contribution is -2.38. The van der Waals surface area contributed by atoms with E-state index in [4.69, 9.17) is 8.92 Å². The van der Waals surface area contributed by atoms with Gasteiger partial charge in [0, 0.05) is 24.1 Å². The van der Waals surface area contributed by atoms with Crippen LogP contribution in [0.1, 0.15) is 94.3 Å². The molecule has 1 aliphatic heterocycles. The molecule has 2 aliphatic rings. The third-order valence-electron chi connectivity index (χ3n) is 9.83. The molecule has 0 saturated carbocycles. The van der Waals surface area contributed by atoms with Gasteiger partial charge in [-0.3, -0.25) is 13.9 Å². The van der Waals surface area contributed by atoms with Crippen molar-refractivity contribution in [3.05, 3.63) is 95.1 Å². The van der Waals surface area contributed by atoms with Gasteiger partial charge in [0.25, 0.3) is 10.1 Å². The zero-order valence-corrected chi connectivity index (χ0v) is 31.4. The Hall–Kier alpha value is -5.02. The van der Waals surface area contributed by atoms with Gasteiger partial charge in [-0.25, -0.2) is 13.9 Å². The van der Waals surface area contributed by atoms with E-state index in [2.05, 4.69) is 37.8 Å². The number of urea groups is 1. The molecule has 0 spiro atoms. The van der Waals surface area contributed by atoms with Crippen LogP contribution in [0.4, 0.5) is 21.0 Å². The second-order valence-electron chi connectivity index (χ2n) is 14.9. The molecule has 1 saturated heterocycles. The van der Waals surface area contributed by atoms with E-state index in [0.717, 1.165) is 48.4 Å². The average molecular weight is 745 g/mol. The first-order valence-corrected chi connectivity index (χ1v) is 19.7. The number of carbonyl (C=O) groups excluding carboxylic acids is 1. The van der Waals surface area contributed by atoms with Gasteiger partial charge >= 0.3 is 6.03 Å². The first-order chi connectivity index (χ1) is 25.2. The molecule has 0 bridgehead atoms. The summed E-state index contributed by atoms with van der Waals surface area (Å²) in [6.45, 7) is 8.79. The summed E-state index contributed by atoms with van der Waals surface area (Å²) >= 11 is 0. The predicted molar refractivity (Wildman–Crippen MR) is 199 cm³/mol. The number of hydrogen-bond donors (Lipinski definition) is 2. The molecule has 1 aliphatic carbocycles. The summed E-state index contributed by atoms with van der Waals surface area (Å²) in [4.78, 5) is 16.0. The minimum absolute atomic E-state index is 0.0376. The molecule has 280 valence electrons. The first kappa shape index (κ1) is 36.3. The highest BCUT2D eigenvalue weighted by atomic mass is 32.2. The van der Waals surface area contributed by atoms with Crippen LogP contribution in [0, 0.1) is 5.82 Å². The summed E-state index contributed by atoms with van der Waals surface area (Å²) < 4.78 is 53.3. The molecule has 15 heteroatoms. The summed E-state index contributed by atoms with van der Waals surface area (Å²) in [5, 5.41) is 19.6. The Morgan fingerprint density at radius 2 is 1.79 bits per heavy atom. The highest BCUT2D eigenvalue weighted by molar-refractivity contribution is 7.85. The number of nitrogens with zero attached hydrogens (tertiary/aromatic N) is 6. The molecule has 1 fully saturated rings. The van der Waals surface area contributed by atoms with Crippen molar-refractivity contribution in [2.45, 2.75) is 90.0 Å².